The second-order valence-corrected chi connectivity index (χ2v) is 9.31. The van der Waals surface area contributed by atoms with Gasteiger partial charge in [-0.05, 0) is 42.4 Å². The molecule has 0 aromatic carbocycles. The SMILES string of the molecule is Nc1nccc(Sc2cnc(N3CCC4(CC3)Cc3ncccc3[C@H]4N)cn2)c1Cl. The maximum Gasteiger partial charge on any atom is 0.147 e. The third kappa shape index (κ3) is 3.38. The van der Waals surface area contributed by atoms with Gasteiger partial charge in [-0.2, -0.15) is 0 Å². The molecule has 4 N–H and O–H groups in total. The summed E-state index contributed by atoms with van der Waals surface area (Å²) in [6, 6.07) is 5.99. The lowest BCUT2D eigenvalue weighted by Crippen LogP contribution is -2.44. The van der Waals surface area contributed by atoms with Gasteiger partial charge >= 0.3 is 0 Å². The predicted molar refractivity (Wildman–Crippen MR) is 119 cm³/mol. The van der Waals surface area contributed by atoms with Gasteiger partial charge in [-0.3, -0.25) is 4.98 Å². The number of nitrogen functional groups attached to an aromatic ring is 1. The van der Waals surface area contributed by atoms with Crippen LogP contribution in [0.4, 0.5) is 11.6 Å². The Morgan fingerprint density at radius 2 is 1.90 bits per heavy atom. The molecule has 3 aromatic rings. The van der Waals surface area contributed by atoms with Gasteiger partial charge < -0.3 is 16.4 Å². The number of hydrogen-bond donors (Lipinski definition) is 2. The van der Waals surface area contributed by atoms with Crippen LogP contribution in [0.2, 0.25) is 5.02 Å². The van der Waals surface area contributed by atoms with E-state index in [-0.39, 0.29) is 11.5 Å². The minimum atomic E-state index is 0.0609. The normalized spacial score (nSPS) is 19.8. The first-order valence-corrected chi connectivity index (χ1v) is 11.1. The van der Waals surface area contributed by atoms with E-state index in [4.69, 9.17) is 23.1 Å². The van der Waals surface area contributed by atoms with Crippen molar-refractivity contribution in [2.45, 2.75) is 35.2 Å². The van der Waals surface area contributed by atoms with Gasteiger partial charge in [0.25, 0.3) is 0 Å². The average molecular weight is 440 g/mol. The lowest BCUT2D eigenvalue weighted by molar-refractivity contribution is 0.186. The lowest BCUT2D eigenvalue weighted by atomic mass is 9.73. The lowest BCUT2D eigenvalue weighted by Gasteiger charge is -2.42. The quantitative estimate of drug-likeness (QED) is 0.638. The highest BCUT2D eigenvalue weighted by molar-refractivity contribution is 7.99. The third-order valence-electron chi connectivity index (χ3n) is 6.23. The van der Waals surface area contributed by atoms with Crippen LogP contribution in [0.5, 0.6) is 0 Å². The van der Waals surface area contributed by atoms with Crippen molar-refractivity contribution in [1.29, 1.82) is 0 Å². The number of anilines is 2. The number of nitrogens with zero attached hydrogens (tertiary/aromatic N) is 5. The van der Waals surface area contributed by atoms with Gasteiger partial charge in [0, 0.05) is 42.1 Å². The summed E-state index contributed by atoms with van der Waals surface area (Å²) in [4.78, 5) is 20.8. The summed E-state index contributed by atoms with van der Waals surface area (Å²) in [5, 5.41) is 1.21. The van der Waals surface area contributed by atoms with Crippen LogP contribution >= 0.6 is 23.4 Å². The molecular formula is C21H22ClN7S. The molecule has 1 aliphatic heterocycles. The number of aromatic nitrogens is 4. The monoisotopic (exact) mass is 439 g/mol. The molecule has 1 spiro atoms. The van der Waals surface area contributed by atoms with E-state index in [9.17, 15) is 0 Å². The molecule has 0 amide bonds. The molecule has 4 heterocycles. The molecule has 154 valence electrons. The first-order chi connectivity index (χ1) is 14.6. The van der Waals surface area contributed by atoms with Crippen molar-refractivity contribution in [3.63, 3.8) is 0 Å². The van der Waals surface area contributed by atoms with Crippen molar-refractivity contribution in [2.24, 2.45) is 11.1 Å². The Hall–Kier alpha value is -2.42. The zero-order valence-corrected chi connectivity index (χ0v) is 17.9. The molecule has 1 fully saturated rings. The van der Waals surface area contributed by atoms with E-state index in [1.165, 1.54) is 17.3 Å². The third-order valence-corrected chi connectivity index (χ3v) is 7.72. The first kappa shape index (κ1) is 19.5. The van der Waals surface area contributed by atoms with Crippen molar-refractivity contribution in [1.82, 2.24) is 19.9 Å². The molecule has 3 aromatic heterocycles. The summed E-state index contributed by atoms with van der Waals surface area (Å²) in [5.74, 6) is 1.20. The van der Waals surface area contributed by atoms with Crippen LogP contribution < -0.4 is 16.4 Å². The average Bonchev–Trinajstić information content (AvgIpc) is 3.04. The number of piperidine rings is 1. The molecular weight excluding hydrogens is 418 g/mol. The molecule has 1 atom stereocenters. The summed E-state index contributed by atoms with van der Waals surface area (Å²) in [6.45, 7) is 1.82. The zero-order valence-electron chi connectivity index (χ0n) is 16.3. The van der Waals surface area contributed by atoms with E-state index in [0.717, 1.165) is 53.8 Å². The van der Waals surface area contributed by atoms with Gasteiger partial charge in [-0.1, -0.05) is 29.4 Å². The van der Waals surface area contributed by atoms with Gasteiger partial charge in [0.2, 0.25) is 0 Å². The molecule has 7 nitrogen and oxygen atoms in total. The van der Waals surface area contributed by atoms with Crippen molar-refractivity contribution in [3.05, 3.63) is 59.3 Å². The minimum Gasteiger partial charge on any atom is -0.382 e. The van der Waals surface area contributed by atoms with Gasteiger partial charge in [0.1, 0.15) is 16.7 Å². The summed E-state index contributed by atoms with van der Waals surface area (Å²) < 4.78 is 0. The van der Waals surface area contributed by atoms with Crippen LogP contribution in [0.25, 0.3) is 0 Å². The second-order valence-electron chi connectivity index (χ2n) is 7.87. The summed E-state index contributed by atoms with van der Waals surface area (Å²) in [7, 11) is 0. The van der Waals surface area contributed by atoms with Crippen molar-refractivity contribution < 1.29 is 0 Å². The Bertz CT molecular complexity index is 1070. The van der Waals surface area contributed by atoms with E-state index in [1.54, 1.807) is 12.4 Å². The van der Waals surface area contributed by atoms with Gasteiger partial charge in [-0.25, -0.2) is 15.0 Å². The minimum absolute atomic E-state index is 0.0609. The number of nitrogens with two attached hydrogens (primary N) is 2. The topological polar surface area (TPSA) is 107 Å². The smallest absolute Gasteiger partial charge is 0.147 e. The maximum absolute atomic E-state index is 6.64. The molecule has 9 heteroatoms. The van der Waals surface area contributed by atoms with Crippen LogP contribution in [0.1, 0.15) is 30.1 Å². The Labute approximate surface area is 184 Å². The Morgan fingerprint density at radius 1 is 1.07 bits per heavy atom. The van der Waals surface area contributed by atoms with E-state index in [0.29, 0.717) is 10.8 Å². The van der Waals surface area contributed by atoms with Crippen LogP contribution in [0.3, 0.4) is 0 Å². The molecule has 0 unspecified atom stereocenters. The van der Waals surface area contributed by atoms with E-state index < -0.39 is 0 Å². The molecule has 0 radical (unpaired) electrons. The van der Waals surface area contributed by atoms with Crippen LogP contribution in [0, 0.1) is 5.41 Å². The number of fused-ring (bicyclic) bond motifs is 1. The summed E-state index contributed by atoms with van der Waals surface area (Å²) in [6.07, 6.45) is 10.1. The first-order valence-electron chi connectivity index (χ1n) is 9.90. The molecule has 2 aliphatic rings. The number of hydrogen-bond acceptors (Lipinski definition) is 8. The Morgan fingerprint density at radius 3 is 2.63 bits per heavy atom. The van der Waals surface area contributed by atoms with E-state index in [2.05, 4.69) is 30.9 Å². The maximum atomic E-state index is 6.64. The van der Waals surface area contributed by atoms with Crippen molar-refractivity contribution >= 4 is 35.0 Å². The van der Waals surface area contributed by atoms with Crippen molar-refractivity contribution in [2.75, 3.05) is 23.7 Å². The van der Waals surface area contributed by atoms with Crippen LogP contribution in [-0.2, 0) is 6.42 Å². The zero-order chi connectivity index (χ0) is 20.7. The molecule has 1 aliphatic carbocycles. The molecule has 5 rings (SSSR count). The van der Waals surface area contributed by atoms with Crippen molar-refractivity contribution in [3.8, 4) is 0 Å². The highest BCUT2D eigenvalue weighted by Gasteiger charge is 2.46. The largest absolute Gasteiger partial charge is 0.382 e. The Balaban J connectivity index is 1.26. The van der Waals surface area contributed by atoms with Gasteiger partial charge in [-0.15, -0.1) is 0 Å². The number of pyridine rings is 2. The number of halogens is 1. The second kappa shape index (κ2) is 7.68. The standard InChI is InChI=1S/C21H22ClN7S/c22-18-15(3-7-26-20(18)24)30-17-12-27-16(11-28-17)29-8-4-21(5-9-29)10-14-13(19(21)23)2-1-6-25-14/h1-3,6-7,11-12,19H,4-5,8-10,23H2,(H2,24,26)/t19-/m1/s1. The summed E-state index contributed by atoms with van der Waals surface area (Å²) in [5.41, 5.74) is 14.9. The molecule has 0 saturated carbocycles. The van der Waals surface area contributed by atoms with Gasteiger partial charge in [0.05, 0.1) is 17.4 Å². The van der Waals surface area contributed by atoms with E-state index >= 15 is 0 Å². The highest BCUT2D eigenvalue weighted by atomic mass is 35.5. The highest BCUT2D eigenvalue weighted by Crippen LogP contribution is 2.50. The molecule has 0 bridgehead atoms. The fourth-order valence-corrected chi connectivity index (χ4v) is 5.47. The molecule has 1 saturated heterocycles. The van der Waals surface area contributed by atoms with Gasteiger partial charge in [0.15, 0.2) is 0 Å². The predicted octanol–water partition coefficient (Wildman–Crippen LogP) is 3.50. The van der Waals surface area contributed by atoms with Crippen LogP contribution in [-0.4, -0.2) is 33.0 Å². The fourth-order valence-electron chi connectivity index (χ4n) is 4.48. The van der Waals surface area contributed by atoms with E-state index in [1.807, 2.05) is 24.5 Å². The molecule has 30 heavy (non-hydrogen) atoms. The fraction of sp³-hybridized carbons (Fsp3) is 0.333. The summed E-state index contributed by atoms with van der Waals surface area (Å²) >= 11 is 7.65. The van der Waals surface area contributed by atoms with Crippen LogP contribution in [0.15, 0.2) is 52.9 Å². The Kier molecular flexibility index (Phi) is 5.00. The number of rotatable bonds is 3.